The van der Waals surface area contributed by atoms with Crippen molar-refractivity contribution in [2.24, 2.45) is 0 Å². The average Bonchev–Trinajstić information content (AvgIpc) is 3.10. The Morgan fingerprint density at radius 3 is 2.31 bits per heavy atom. The Kier molecular flexibility index (Phi) is 5.18. The Morgan fingerprint density at radius 2 is 1.62 bits per heavy atom. The summed E-state index contributed by atoms with van der Waals surface area (Å²) in [6, 6.07) is 15.5. The maximum atomic E-state index is 13.8. The fourth-order valence-electron chi connectivity index (χ4n) is 4.25. The Morgan fingerprint density at radius 1 is 0.938 bits per heavy atom. The molecule has 0 saturated carbocycles. The van der Waals surface area contributed by atoms with E-state index in [1.165, 1.54) is 0 Å². The smallest absolute Gasteiger partial charge is 0.265 e. The largest absolute Gasteiger partial charge is 0.304 e. The fourth-order valence-corrected chi connectivity index (χ4v) is 4.44. The molecule has 3 heterocycles. The first-order valence-corrected chi connectivity index (χ1v) is 11.3. The third-order valence-corrected chi connectivity index (χ3v) is 6.47. The van der Waals surface area contributed by atoms with Gasteiger partial charge in [0, 0.05) is 17.5 Å². The van der Waals surface area contributed by atoms with Crippen molar-refractivity contribution in [3.05, 3.63) is 75.3 Å². The van der Waals surface area contributed by atoms with Crippen LogP contribution in [0.5, 0.6) is 0 Å². The molecule has 0 bridgehead atoms. The fraction of sp³-hybridized carbons (Fsp3) is 0.280. The number of para-hydroxylation sites is 2. The van der Waals surface area contributed by atoms with E-state index >= 15 is 0 Å². The highest BCUT2D eigenvalue weighted by Gasteiger charge is 2.23. The van der Waals surface area contributed by atoms with Gasteiger partial charge in [-0.05, 0) is 37.1 Å². The molecule has 0 unspecified atom stereocenters. The van der Waals surface area contributed by atoms with Crippen LogP contribution in [0.1, 0.15) is 44.6 Å². The van der Waals surface area contributed by atoms with Crippen molar-refractivity contribution < 1.29 is 0 Å². The second-order valence-corrected chi connectivity index (χ2v) is 8.48. The molecule has 1 atom stereocenters. The molecule has 0 aliphatic rings. The third kappa shape index (κ3) is 3.17. The molecule has 5 aromatic rings. The molecule has 0 saturated heterocycles. The van der Waals surface area contributed by atoms with Crippen molar-refractivity contribution in [2.45, 2.75) is 46.2 Å². The summed E-state index contributed by atoms with van der Waals surface area (Å²) >= 11 is 6.48. The molecule has 0 N–H and O–H groups in total. The summed E-state index contributed by atoms with van der Waals surface area (Å²) in [6.07, 6.45) is 1.50. The molecular weight excluding hydrogens is 422 g/mol. The van der Waals surface area contributed by atoms with Gasteiger partial charge in [0.1, 0.15) is 16.7 Å². The predicted octanol–water partition coefficient (Wildman–Crippen LogP) is 5.53. The first-order chi connectivity index (χ1) is 15.5. The molecular formula is C25H24ClN5O. The minimum atomic E-state index is -0.0614. The number of nitrogens with zero attached hydrogens (tertiary/aromatic N) is 5. The van der Waals surface area contributed by atoms with E-state index in [9.17, 15) is 4.79 Å². The molecule has 2 aromatic carbocycles. The van der Waals surface area contributed by atoms with Crippen LogP contribution in [0.25, 0.3) is 33.2 Å². The lowest BCUT2D eigenvalue weighted by Crippen LogP contribution is -2.28. The molecule has 3 aromatic heterocycles. The van der Waals surface area contributed by atoms with Crippen molar-refractivity contribution in [3.63, 3.8) is 0 Å². The zero-order chi connectivity index (χ0) is 22.4. The van der Waals surface area contributed by atoms with E-state index in [1.54, 1.807) is 0 Å². The number of hydrogen-bond acceptors (Lipinski definition) is 4. The first kappa shape index (κ1) is 20.6. The van der Waals surface area contributed by atoms with Crippen molar-refractivity contribution >= 4 is 44.8 Å². The highest BCUT2D eigenvalue weighted by atomic mass is 35.5. The van der Waals surface area contributed by atoms with E-state index < -0.39 is 0 Å². The number of aromatic nitrogens is 5. The number of benzene rings is 2. The van der Waals surface area contributed by atoms with Crippen molar-refractivity contribution in [2.75, 3.05) is 0 Å². The van der Waals surface area contributed by atoms with Gasteiger partial charge in [-0.1, -0.05) is 55.8 Å². The first-order valence-electron chi connectivity index (χ1n) is 11.0. The van der Waals surface area contributed by atoms with E-state index in [2.05, 4.69) is 13.8 Å². The highest BCUT2D eigenvalue weighted by Crippen LogP contribution is 2.28. The summed E-state index contributed by atoms with van der Waals surface area (Å²) in [5.41, 5.74) is 4.25. The van der Waals surface area contributed by atoms with E-state index in [0.717, 1.165) is 28.8 Å². The zero-order valence-corrected chi connectivity index (χ0v) is 19.1. The number of aryl methyl sites for hydroxylation is 1. The predicted molar refractivity (Wildman–Crippen MR) is 130 cm³/mol. The van der Waals surface area contributed by atoms with Gasteiger partial charge in [-0.25, -0.2) is 15.0 Å². The van der Waals surface area contributed by atoms with E-state index in [-0.39, 0.29) is 11.6 Å². The van der Waals surface area contributed by atoms with Crippen molar-refractivity contribution in [1.82, 2.24) is 24.1 Å². The number of halogens is 1. The number of fused-ring (bicyclic) bond motifs is 4. The van der Waals surface area contributed by atoms with Crippen LogP contribution in [0.2, 0.25) is 5.02 Å². The van der Waals surface area contributed by atoms with Crippen molar-refractivity contribution in [3.8, 4) is 0 Å². The van der Waals surface area contributed by atoms with Crippen LogP contribution in [0.3, 0.4) is 0 Å². The quantitative estimate of drug-likeness (QED) is 0.356. The van der Waals surface area contributed by atoms with Crippen LogP contribution >= 0.6 is 11.6 Å². The van der Waals surface area contributed by atoms with Gasteiger partial charge in [0.25, 0.3) is 5.56 Å². The van der Waals surface area contributed by atoms with Gasteiger partial charge in [-0.2, -0.15) is 0 Å². The summed E-state index contributed by atoms with van der Waals surface area (Å²) in [5, 5.41) is 1.18. The maximum absolute atomic E-state index is 13.8. The Balaban J connectivity index is 1.93. The topological polar surface area (TPSA) is 65.6 Å². The van der Waals surface area contributed by atoms with E-state index in [0.29, 0.717) is 40.2 Å². The molecule has 0 spiro atoms. The van der Waals surface area contributed by atoms with Gasteiger partial charge < -0.3 is 4.57 Å². The number of hydrogen-bond donors (Lipinski definition) is 0. The monoisotopic (exact) mass is 445 g/mol. The van der Waals surface area contributed by atoms with Crippen molar-refractivity contribution in [1.29, 1.82) is 0 Å². The molecule has 0 radical (unpaired) electrons. The lowest BCUT2D eigenvalue weighted by molar-refractivity contribution is 0.488. The summed E-state index contributed by atoms with van der Waals surface area (Å²) in [6.45, 7) is 6.61. The van der Waals surface area contributed by atoms with Crippen LogP contribution in [-0.2, 0) is 13.0 Å². The minimum Gasteiger partial charge on any atom is -0.304 e. The molecule has 6 nitrogen and oxygen atoms in total. The molecule has 0 aliphatic heterocycles. The van der Waals surface area contributed by atoms with E-state index in [1.807, 2.05) is 64.6 Å². The van der Waals surface area contributed by atoms with Crippen LogP contribution < -0.4 is 5.56 Å². The molecule has 0 aliphatic carbocycles. The Hall–Kier alpha value is -3.25. The maximum Gasteiger partial charge on any atom is 0.265 e. The minimum absolute atomic E-state index is 0.0460. The van der Waals surface area contributed by atoms with Gasteiger partial charge in [-0.15, -0.1) is 0 Å². The molecule has 7 heteroatoms. The molecule has 5 rings (SSSR count). The Labute approximate surface area is 190 Å². The summed E-state index contributed by atoms with van der Waals surface area (Å²) in [4.78, 5) is 28.6. The van der Waals surface area contributed by atoms with Gasteiger partial charge in [-0.3, -0.25) is 9.36 Å². The molecule has 0 fully saturated rings. The van der Waals surface area contributed by atoms with Gasteiger partial charge in [0.2, 0.25) is 0 Å². The van der Waals surface area contributed by atoms with Gasteiger partial charge in [0.05, 0.1) is 17.6 Å². The molecule has 0 amide bonds. The average molecular weight is 446 g/mol. The Bertz CT molecular complexity index is 1540. The standard InChI is InChI=1S/C25H24ClN5O/c1-4-15(3)31-20(5-2)29-23-21(25(31)32)22-24(28-19-13-9-8-12-18(19)27-22)30(23)14-16-10-6-7-11-17(16)26/h6-13,15H,4-5,14H2,1-3H3/t15-/m1/s1. The van der Waals surface area contributed by atoms with Crippen LogP contribution in [0.4, 0.5) is 0 Å². The second kappa shape index (κ2) is 8.02. The van der Waals surface area contributed by atoms with Gasteiger partial charge >= 0.3 is 0 Å². The number of rotatable bonds is 5. The lowest BCUT2D eigenvalue weighted by atomic mass is 10.2. The van der Waals surface area contributed by atoms with Crippen LogP contribution in [-0.4, -0.2) is 24.1 Å². The normalized spacial score (nSPS) is 12.8. The molecule has 162 valence electrons. The SMILES string of the molecule is CCc1nc2c(c(=O)n1[C@H](C)CC)c1nc3ccccc3nc1n2Cc1ccccc1Cl. The highest BCUT2D eigenvalue weighted by molar-refractivity contribution is 6.31. The second-order valence-electron chi connectivity index (χ2n) is 8.07. The zero-order valence-electron chi connectivity index (χ0n) is 18.3. The summed E-state index contributed by atoms with van der Waals surface area (Å²) < 4.78 is 3.80. The molecule has 32 heavy (non-hydrogen) atoms. The third-order valence-electron chi connectivity index (χ3n) is 6.10. The summed E-state index contributed by atoms with van der Waals surface area (Å²) in [7, 11) is 0. The van der Waals surface area contributed by atoms with Crippen LogP contribution in [0.15, 0.2) is 53.3 Å². The van der Waals surface area contributed by atoms with Gasteiger partial charge in [0.15, 0.2) is 11.3 Å². The van der Waals surface area contributed by atoms with Crippen LogP contribution in [0, 0.1) is 0 Å². The summed E-state index contributed by atoms with van der Waals surface area (Å²) in [5.74, 6) is 0.768. The van der Waals surface area contributed by atoms with E-state index in [4.69, 9.17) is 26.6 Å². The lowest BCUT2D eigenvalue weighted by Gasteiger charge is -2.17.